The van der Waals surface area contributed by atoms with Crippen molar-refractivity contribution in [1.29, 1.82) is 0 Å². The van der Waals surface area contributed by atoms with E-state index in [1.54, 1.807) is 18.4 Å². The second-order valence-electron chi connectivity index (χ2n) is 8.48. The summed E-state index contributed by atoms with van der Waals surface area (Å²) in [6.07, 6.45) is 1.83. The summed E-state index contributed by atoms with van der Waals surface area (Å²) in [5.74, 6) is 0.802. The normalized spacial score (nSPS) is 16.1. The van der Waals surface area contributed by atoms with Gasteiger partial charge in [-0.25, -0.2) is 4.68 Å². The van der Waals surface area contributed by atoms with Gasteiger partial charge in [0.05, 0.1) is 29.1 Å². The van der Waals surface area contributed by atoms with Crippen molar-refractivity contribution in [2.75, 3.05) is 25.1 Å². The Hall–Kier alpha value is -3.10. The van der Waals surface area contributed by atoms with Crippen LogP contribution in [-0.4, -0.2) is 40.9 Å². The van der Waals surface area contributed by atoms with Gasteiger partial charge in [0.15, 0.2) is 10.8 Å². The van der Waals surface area contributed by atoms with Crippen molar-refractivity contribution in [1.82, 2.24) is 20.1 Å². The number of aryl methyl sites for hydroxylation is 1. The number of piperidine rings is 1. The van der Waals surface area contributed by atoms with Gasteiger partial charge in [-0.15, -0.1) is 0 Å². The highest BCUT2D eigenvalue weighted by atomic mass is 35.5. The lowest BCUT2D eigenvalue weighted by molar-refractivity contribution is -0.125. The van der Waals surface area contributed by atoms with Gasteiger partial charge in [0.25, 0.3) is 0 Å². The number of hydrogen-bond acceptors (Lipinski definition) is 6. The van der Waals surface area contributed by atoms with Crippen LogP contribution >= 0.6 is 22.9 Å². The molecule has 7 nitrogen and oxygen atoms in total. The number of fused-ring (bicyclic) bond motifs is 1. The molecule has 1 N–H and O–H groups in total. The average molecular weight is 496 g/mol. The summed E-state index contributed by atoms with van der Waals surface area (Å²) >= 11 is 7.69. The number of nitrogens with one attached hydrogen (secondary N) is 1. The van der Waals surface area contributed by atoms with Gasteiger partial charge in [-0.05, 0) is 61.7 Å². The summed E-state index contributed by atoms with van der Waals surface area (Å²) in [5, 5.41) is 9.39. The van der Waals surface area contributed by atoms with Crippen LogP contribution in [0.1, 0.15) is 24.1 Å². The zero-order valence-corrected chi connectivity index (χ0v) is 20.7. The molecule has 0 aliphatic carbocycles. The first kappa shape index (κ1) is 22.7. The number of methoxy groups -OCH3 is 1. The predicted octanol–water partition coefficient (Wildman–Crippen LogP) is 4.99. The first-order chi connectivity index (χ1) is 16.5. The Morgan fingerprint density at radius 2 is 2.09 bits per heavy atom. The van der Waals surface area contributed by atoms with Crippen molar-refractivity contribution in [2.24, 2.45) is 5.92 Å². The maximum Gasteiger partial charge on any atom is 0.225 e. The molecule has 0 unspecified atom stereocenters. The van der Waals surface area contributed by atoms with Crippen LogP contribution in [0, 0.1) is 12.8 Å². The molecule has 1 saturated heterocycles. The van der Waals surface area contributed by atoms with Gasteiger partial charge in [-0.3, -0.25) is 4.79 Å². The van der Waals surface area contributed by atoms with Gasteiger partial charge in [0.1, 0.15) is 5.75 Å². The van der Waals surface area contributed by atoms with Crippen LogP contribution < -0.4 is 15.0 Å². The molecule has 0 bridgehead atoms. The number of ether oxygens (including phenoxy) is 1. The molecular weight excluding hydrogens is 470 g/mol. The molecule has 9 heteroatoms. The van der Waals surface area contributed by atoms with Crippen molar-refractivity contribution >= 4 is 44.3 Å². The molecule has 3 heterocycles. The molecule has 1 atom stereocenters. The van der Waals surface area contributed by atoms with E-state index in [1.165, 1.54) is 0 Å². The van der Waals surface area contributed by atoms with Gasteiger partial charge in [0.2, 0.25) is 5.91 Å². The number of thiazole rings is 1. The molecule has 0 spiro atoms. The standard InChI is InChI=1S/C25H26ClN5O2S/c1-16-22-23(31(29-16)20-10-8-19(26)9-11-20)28-25(34-22)30-12-4-6-18(15-30)24(32)27-14-17-5-3-7-21(13-17)33-2/h3,5,7-11,13,18H,4,6,12,14-15H2,1-2H3,(H,27,32)/t18-/m0/s1. The molecular formula is C25H26ClN5O2S. The number of carbonyl (C=O) groups is 1. The molecule has 34 heavy (non-hydrogen) atoms. The number of anilines is 1. The van der Waals surface area contributed by atoms with Crippen LogP contribution in [0.2, 0.25) is 5.02 Å². The van der Waals surface area contributed by atoms with Crippen molar-refractivity contribution < 1.29 is 9.53 Å². The number of amides is 1. The highest BCUT2D eigenvalue weighted by Gasteiger charge is 2.28. The fourth-order valence-electron chi connectivity index (χ4n) is 4.30. The van der Waals surface area contributed by atoms with Crippen molar-refractivity contribution in [3.05, 3.63) is 64.8 Å². The SMILES string of the molecule is COc1cccc(CNC(=O)[C@H]2CCCN(c3nc4c(s3)c(C)nn4-c3ccc(Cl)cc3)C2)c1. The molecule has 2 aromatic carbocycles. The average Bonchev–Trinajstić information content (AvgIpc) is 3.44. The Morgan fingerprint density at radius 3 is 2.88 bits per heavy atom. The zero-order valence-electron chi connectivity index (χ0n) is 19.1. The summed E-state index contributed by atoms with van der Waals surface area (Å²) in [4.78, 5) is 20.1. The number of aromatic nitrogens is 3. The van der Waals surface area contributed by atoms with Crippen LogP contribution in [0.5, 0.6) is 5.75 Å². The van der Waals surface area contributed by atoms with Gasteiger partial charge in [0, 0.05) is 24.7 Å². The maximum absolute atomic E-state index is 12.9. The third-order valence-corrected chi connectivity index (χ3v) is 7.58. The molecule has 5 rings (SSSR count). The van der Waals surface area contributed by atoms with E-state index in [0.29, 0.717) is 18.1 Å². The summed E-state index contributed by atoms with van der Waals surface area (Å²) in [7, 11) is 1.64. The molecule has 1 amide bonds. The summed E-state index contributed by atoms with van der Waals surface area (Å²) in [5.41, 5.74) is 3.73. The Bertz CT molecular complexity index is 1320. The first-order valence-corrected chi connectivity index (χ1v) is 12.5. The van der Waals surface area contributed by atoms with E-state index in [1.807, 2.05) is 60.1 Å². The monoisotopic (exact) mass is 495 g/mol. The molecule has 4 aromatic rings. The zero-order chi connectivity index (χ0) is 23.7. The van der Waals surface area contributed by atoms with Crippen LogP contribution in [0.3, 0.4) is 0 Å². The topological polar surface area (TPSA) is 72.3 Å². The second kappa shape index (κ2) is 9.64. The Kier molecular flexibility index (Phi) is 6.43. The quantitative estimate of drug-likeness (QED) is 0.408. The fraction of sp³-hybridized carbons (Fsp3) is 0.320. The molecule has 176 valence electrons. The number of rotatable bonds is 6. The van der Waals surface area contributed by atoms with E-state index in [2.05, 4.69) is 15.3 Å². The Morgan fingerprint density at radius 1 is 1.26 bits per heavy atom. The summed E-state index contributed by atoms with van der Waals surface area (Å²) < 4.78 is 8.20. The van der Waals surface area contributed by atoms with Crippen molar-refractivity contribution in [3.8, 4) is 11.4 Å². The maximum atomic E-state index is 12.9. The molecule has 0 radical (unpaired) electrons. The minimum atomic E-state index is -0.0692. The van der Waals surface area contributed by atoms with Gasteiger partial charge in [-0.2, -0.15) is 10.1 Å². The lowest BCUT2D eigenvalue weighted by Gasteiger charge is -2.31. The third-order valence-electron chi connectivity index (χ3n) is 6.11. The third kappa shape index (κ3) is 4.60. The fourth-order valence-corrected chi connectivity index (χ4v) is 5.45. The number of nitrogens with zero attached hydrogens (tertiary/aromatic N) is 4. The lowest BCUT2D eigenvalue weighted by Crippen LogP contribution is -2.43. The largest absolute Gasteiger partial charge is 0.497 e. The van der Waals surface area contributed by atoms with Crippen molar-refractivity contribution in [3.63, 3.8) is 0 Å². The summed E-state index contributed by atoms with van der Waals surface area (Å²) in [6, 6.07) is 15.4. The molecule has 1 fully saturated rings. The highest BCUT2D eigenvalue weighted by Crippen LogP contribution is 2.34. The van der Waals surface area contributed by atoms with E-state index in [-0.39, 0.29) is 11.8 Å². The Balaban J connectivity index is 1.30. The first-order valence-electron chi connectivity index (χ1n) is 11.3. The summed E-state index contributed by atoms with van der Waals surface area (Å²) in [6.45, 7) is 4.04. The number of carbonyl (C=O) groups excluding carboxylic acids is 1. The number of hydrogen-bond donors (Lipinski definition) is 1. The number of halogens is 1. The van der Waals surface area contributed by atoms with E-state index < -0.39 is 0 Å². The molecule has 2 aromatic heterocycles. The van der Waals surface area contributed by atoms with Crippen LogP contribution in [0.25, 0.3) is 16.0 Å². The molecule has 1 aliphatic rings. The second-order valence-corrected chi connectivity index (χ2v) is 9.89. The smallest absolute Gasteiger partial charge is 0.225 e. The van der Waals surface area contributed by atoms with E-state index >= 15 is 0 Å². The van der Waals surface area contributed by atoms with E-state index in [0.717, 1.165) is 57.6 Å². The minimum Gasteiger partial charge on any atom is -0.497 e. The van der Waals surface area contributed by atoms with Crippen LogP contribution in [0.4, 0.5) is 5.13 Å². The minimum absolute atomic E-state index is 0.0692. The van der Waals surface area contributed by atoms with Crippen molar-refractivity contribution in [2.45, 2.75) is 26.3 Å². The van der Waals surface area contributed by atoms with Gasteiger partial charge < -0.3 is 15.0 Å². The predicted molar refractivity (Wildman–Crippen MR) is 136 cm³/mol. The van der Waals surface area contributed by atoms with E-state index in [4.69, 9.17) is 21.3 Å². The number of benzene rings is 2. The highest BCUT2D eigenvalue weighted by molar-refractivity contribution is 7.22. The van der Waals surface area contributed by atoms with Crippen LogP contribution in [-0.2, 0) is 11.3 Å². The van der Waals surface area contributed by atoms with Crippen LogP contribution in [0.15, 0.2) is 48.5 Å². The van der Waals surface area contributed by atoms with Gasteiger partial charge in [-0.1, -0.05) is 35.1 Å². The lowest BCUT2D eigenvalue weighted by atomic mass is 9.97. The van der Waals surface area contributed by atoms with Gasteiger partial charge >= 0.3 is 0 Å². The Labute approximate surface area is 207 Å². The van der Waals surface area contributed by atoms with E-state index in [9.17, 15) is 4.79 Å². The molecule has 1 aliphatic heterocycles. The molecule has 0 saturated carbocycles.